The predicted molar refractivity (Wildman–Crippen MR) is 159 cm³/mol. The summed E-state index contributed by atoms with van der Waals surface area (Å²) >= 11 is 4.95. The molecule has 0 saturated heterocycles. The van der Waals surface area contributed by atoms with E-state index >= 15 is 0 Å². The molecule has 1 aromatic heterocycles. The van der Waals surface area contributed by atoms with E-state index in [0.29, 0.717) is 30.3 Å². The number of hydrogen-bond donors (Lipinski definition) is 0. The van der Waals surface area contributed by atoms with Crippen LogP contribution < -0.4 is 4.90 Å². The van der Waals surface area contributed by atoms with Crippen molar-refractivity contribution in [1.29, 1.82) is 0 Å². The number of aromatic nitrogens is 1. The lowest BCUT2D eigenvalue weighted by Crippen LogP contribution is -2.33. The fourth-order valence-electron chi connectivity index (χ4n) is 4.09. The topological polar surface area (TPSA) is 70.6 Å². The van der Waals surface area contributed by atoms with E-state index in [2.05, 4.69) is 29.8 Å². The zero-order valence-electron chi connectivity index (χ0n) is 21.6. The highest BCUT2D eigenvalue weighted by Crippen LogP contribution is 2.32. The van der Waals surface area contributed by atoms with Gasteiger partial charge in [0.15, 0.2) is 5.13 Å². The van der Waals surface area contributed by atoms with Crippen LogP contribution in [0.1, 0.15) is 55.5 Å². The molecule has 1 amide bonds. The number of thiazole rings is 1. The molecule has 0 aliphatic carbocycles. The van der Waals surface area contributed by atoms with Crippen LogP contribution in [0.4, 0.5) is 5.13 Å². The number of amides is 1. The van der Waals surface area contributed by atoms with Crippen LogP contribution in [-0.2, 0) is 16.6 Å². The largest absolute Gasteiger partial charge is 0.279 e. The summed E-state index contributed by atoms with van der Waals surface area (Å²) in [6.45, 7) is 5.45. The standard InChI is InChI=1S/C29H32BrN3O3S2/c1-3-5-18-32(19-6-4-2)38(35,36)25-15-12-23(13-16-25)28(34)33(21-22-10-8-7-9-11-22)29-31-26-17-14-24(30)20-27(26)37-29/h7-17,20H,3-6,18-19,21H2,1-2H3. The number of fused-ring (bicyclic) bond motifs is 1. The average Bonchev–Trinajstić information content (AvgIpc) is 3.35. The van der Waals surface area contributed by atoms with E-state index in [1.54, 1.807) is 33.5 Å². The van der Waals surface area contributed by atoms with E-state index in [4.69, 9.17) is 4.98 Å². The molecule has 4 rings (SSSR count). The number of nitrogens with zero attached hydrogens (tertiary/aromatic N) is 3. The Bertz CT molecular complexity index is 1460. The second-order valence-electron chi connectivity index (χ2n) is 9.12. The van der Waals surface area contributed by atoms with Crippen LogP contribution in [0.2, 0.25) is 0 Å². The van der Waals surface area contributed by atoms with Crippen molar-refractivity contribution in [3.05, 3.63) is 88.4 Å². The van der Waals surface area contributed by atoms with E-state index in [9.17, 15) is 13.2 Å². The first kappa shape index (κ1) is 28.4. The van der Waals surface area contributed by atoms with Gasteiger partial charge in [-0.3, -0.25) is 9.69 Å². The van der Waals surface area contributed by atoms with E-state index in [0.717, 1.165) is 45.9 Å². The second-order valence-corrected chi connectivity index (χ2v) is 13.0. The maximum absolute atomic E-state index is 13.8. The molecule has 0 atom stereocenters. The third kappa shape index (κ3) is 6.69. The Balaban J connectivity index is 1.64. The van der Waals surface area contributed by atoms with E-state index < -0.39 is 10.0 Å². The van der Waals surface area contributed by atoms with Crippen molar-refractivity contribution in [2.75, 3.05) is 18.0 Å². The van der Waals surface area contributed by atoms with Crippen molar-refractivity contribution in [3.63, 3.8) is 0 Å². The molecule has 0 N–H and O–H groups in total. The molecule has 0 spiro atoms. The van der Waals surface area contributed by atoms with Gasteiger partial charge in [-0.1, -0.05) is 84.3 Å². The number of sulfonamides is 1. The SMILES string of the molecule is CCCCN(CCCC)S(=O)(=O)c1ccc(C(=O)N(Cc2ccccc2)c2nc3ccc(Br)cc3s2)cc1. The zero-order chi connectivity index (χ0) is 27.1. The van der Waals surface area contributed by atoms with Gasteiger partial charge < -0.3 is 0 Å². The molecule has 3 aromatic carbocycles. The minimum atomic E-state index is -3.64. The molecule has 38 heavy (non-hydrogen) atoms. The van der Waals surface area contributed by atoms with Gasteiger partial charge in [0.25, 0.3) is 5.91 Å². The lowest BCUT2D eigenvalue weighted by Gasteiger charge is -2.23. The molecular formula is C29H32BrN3O3S2. The molecule has 0 saturated carbocycles. The van der Waals surface area contributed by atoms with E-state index in [1.165, 1.54) is 11.3 Å². The van der Waals surface area contributed by atoms with Gasteiger partial charge >= 0.3 is 0 Å². The van der Waals surface area contributed by atoms with Crippen LogP contribution in [0.5, 0.6) is 0 Å². The molecule has 4 aromatic rings. The van der Waals surface area contributed by atoms with Gasteiger partial charge in [-0.05, 0) is 60.9 Å². The number of benzene rings is 3. The number of halogens is 1. The first-order valence-corrected chi connectivity index (χ1v) is 15.9. The monoisotopic (exact) mass is 613 g/mol. The van der Waals surface area contributed by atoms with Crippen LogP contribution >= 0.6 is 27.3 Å². The fourth-order valence-corrected chi connectivity index (χ4v) is 7.12. The van der Waals surface area contributed by atoms with Crippen molar-refractivity contribution < 1.29 is 13.2 Å². The smallest absolute Gasteiger partial charge is 0.260 e. The zero-order valence-corrected chi connectivity index (χ0v) is 24.9. The second kappa shape index (κ2) is 13.0. The quantitative estimate of drug-likeness (QED) is 0.166. The number of carbonyl (C=O) groups excluding carboxylic acids is 1. The summed E-state index contributed by atoms with van der Waals surface area (Å²) in [7, 11) is -3.64. The van der Waals surface area contributed by atoms with Crippen molar-refractivity contribution >= 4 is 58.5 Å². The molecule has 0 aliphatic heterocycles. The Morgan fingerprint density at radius 1 is 0.921 bits per heavy atom. The molecule has 0 fully saturated rings. The fraction of sp³-hybridized carbons (Fsp3) is 0.310. The highest BCUT2D eigenvalue weighted by Gasteiger charge is 2.26. The van der Waals surface area contributed by atoms with Crippen LogP contribution in [0.15, 0.2) is 82.2 Å². The van der Waals surface area contributed by atoms with Crippen molar-refractivity contribution in [2.24, 2.45) is 0 Å². The minimum absolute atomic E-state index is 0.209. The Morgan fingerprint density at radius 2 is 1.58 bits per heavy atom. The molecule has 0 radical (unpaired) electrons. The third-order valence-corrected chi connectivity index (χ3v) is 9.71. The van der Waals surface area contributed by atoms with Crippen molar-refractivity contribution in [1.82, 2.24) is 9.29 Å². The summed E-state index contributed by atoms with van der Waals surface area (Å²) in [6, 6.07) is 21.9. The highest BCUT2D eigenvalue weighted by molar-refractivity contribution is 9.10. The molecule has 200 valence electrons. The van der Waals surface area contributed by atoms with Crippen LogP contribution in [0.25, 0.3) is 10.2 Å². The van der Waals surface area contributed by atoms with Crippen LogP contribution in [-0.4, -0.2) is 36.7 Å². The van der Waals surface area contributed by atoms with Crippen molar-refractivity contribution in [3.8, 4) is 0 Å². The Morgan fingerprint density at radius 3 is 2.21 bits per heavy atom. The number of unbranched alkanes of at least 4 members (excludes halogenated alkanes) is 2. The average molecular weight is 615 g/mol. The Hall–Kier alpha value is -2.59. The Kier molecular flexibility index (Phi) is 9.70. The predicted octanol–water partition coefficient (Wildman–Crippen LogP) is 7.50. The summed E-state index contributed by atoms with van der Waals surface area (Å²) in [6.07, 6.45) is 3.47. The number of hydrogen-bond acceptors (Lipinski definition) is 5. The molecular weight excluding hydrogens is 582 g/mol. The lowest BCUT2D eigenvalue weighted by atomic mass is 10.1. The molecule has 0 bridgehead atoms. The van der Waals surface area contributed by atoms with Gasteiger partial charge in [-0.25, -0.2) is 13.4 Å². The third-order valence-electron chi connectivity index (χ3n) is 6.26. The first-order chi connectivity index (χ1) is 18.3. The maximum atomic E-state index is 13.8. The van der Waals surface area contributed by atoms with E-state index in [-0.39, 0.29) is 10.8 Å². The summed E-state index contributed by atoms with van der Waals surface area (Å²) in [4.78, 5) is 20.4. The van der Waals surface area contributed by atoms with Crippen LogP contribution in [0, 0.1) is 0 Å². The molecule has 0 unspecified atom stereocenters. The van der Waals surface area contributed by atoms with Gasteiger partial charge in [0.05, 0.1) is 21.7 Å². The Labute approximate surface area is 237 Å². The van der Waals surface area contributed by atoms with Gasteiger partial charge in [-0.15, -0.1) is 0 Å². The van der Waals surface area contributed by atoms with Gasteiger partial charge in [0.1, 0.15) is 0 Å². The van der Waals surface area contributed by atoms with Gasteiger partial charge in [0, 0.05) is 23.1 Å². The number of carbonyl (C=O) groups is 1. The summed E-state index contributed by atoms with van der Waals surface area (Å²) < 4.78 is 30.2. The molecule has 6 nitrogen and oxygen atoms in total. The molecule has 0 aliphatic rings. The van der Waals surface area contributed by atoms with E-state index in [1.807, 2.05) is 48.5 Å². The summed E-state index contributed by atoms with van der Waals surface area (Å²) in [5.41, 5.74) is 2.21. The van der Waals surface area contributed by atoms with Crippen LogP contribution in [0.3, 0.4) is 0 Å². The first-order valence-electron chi connectivity index (χ1n) is 12.9. The number of anilines is 1. The minimum Gasteiger partial charge on any atom is -0.279 e. The highest BCUT2D eigenvalue weighted by atomic mass is 79.9. The normalized spacial score (nSPS) is 11.8. The summed E-state index contributed by atoms with van der Waals surface area (Å²) in [5, 5.41) is 0.592. The molecule has 9 heteroatoms. The van der Waals surface area contributed by atoms with Gasteiger partial charge in [-0.2, -0.15) is 4.31 Å². The maximum Gasteiger partial charge on any atom is 0.260 e. The van der Waals surface area contributed by atoms with Crippen molar-refractivity contribution in [2.45, 2.75) is 51.0 Å². The number of rotatable bonds is 12. The van der Waals surface area contributed by atoms with Gasteiger partial charge in [0.2, 0.25) is 10.0 Å². The summed E-state index contributed by atoms with van der Waals surface area (Å²) in [5.74, 6) is -0.232. The molecule has 1 heterocycles. The lowest BCUT2D eigenvalue weighted by molar-refractivity contribution is 0.0985.